The van der Waals surface area contributed by atoms with Crippen LogP contribution >= 0.6 is 0 Å². The van der Waals surface area contributed by atoms with Crippen LogP contribution in [-0.2, 0) is 13.0 Å². The van der Waals surface area contributed by atoms with Gasteiger partial charge in [0.15, 0.2) is 5.82 Å². The first-order chi connectivity index (χ1) is 8.20. The molecule has 0 saturated carbocycles. The van der Waals surface area contributed by atoms with E-state index in [1.165, 1.54) is 6.33 Å². The summed E-state index contributed by atoms with van der Waals surface area (Å²) in [5.74, 6) is 1.67. The molecule has 2 rings (SSSR count). The summed E-state index contributed by atoms with van der Waals surface area (Å²) in [6.07, 6.45) is 3.75. The van der Waals surface area contributed by atoms with E-state index in [-0.39, 0.29) is 11.2 Å². The van der Waals surface area contributed by atoms with Crippen LogP contribution in [0.15, 0.2) is 21.7 Å². The molecule has 7 nitrogen and oxygen atoms in total. The van der Waals surface area contributed by atoms with Crippen LogP contribution in [0.3, 0.4) is 0 Å². The average Bonchev–Trinajstić information content (AvgIpc) is 2.79. The topological polar surface area (TPSA) is 110 Å². The summed E-state index contributed by atoms with van der Waals surface area (Å²) >= 11 is 0. The second-order valence-corrected chi connectivity index (χ2v) is 3.42. The summed E-state index contributed by atoms with van der Waals surface area (Å²) in [6.45, 7) is 2.31. The van der Waals surface area contributed by atoms with Crippen LogP contribution in [0.4, 0.5) is 11.5 Å². The summed E-state index contributed by atoms with van der Waals surface area (Å²) in [5, 5.41) is 2.90. The van der Waals surface area contributed by atoms with Gasteiger partial charge in [0.25, 0.3) is 5.56 Å². The van der Waals surface area contributed by atoms with Gasteiger partial charge in [0.2, 0.25) is 5.89 Å². The van der Waals surface area contributed by atoms with Gasteiger partial charge in [0.05, 0.1) is 19.1 Å². The van der Waals surface area contributed by atoms with Gasteiger partial charge in [-0.15, -0.1) is 0 Å². The molecule has 0 aliphatic rings. The Balaban J connectivity index is 2.07. The maximum absolute atomic E-state index is 11.2. The fourth-order valence-electron chi connectivity index (χ4n) is 1.30. The zero-order valence-corrected chi connectivity index (χ0v) is 9.36. The van der Waals surface area contributed by atoms with E-state index in [1.807, 2.05) is 6.92 Å². The number of rotatable bonds is 4. The Morgan fingerprint density at radius 1 is 1.53 bits per heavy atom. The summed E-state index contributed by atoms with van der Waals surface area (Å²) < 4.78 is 5.40. The third-order valence-corrected chi connectivity index (χ3v) is 2.25. The van der Waals surface area contributed by atoms with E-state index in [0.717, 1.165) is 12.2 Å². The first-order valence-electron chi connectivity index (χ1n) is 5.21. The van der Waals surface area contributed by atoms with E-state index < -0.39 is 0 Å². The predicted molar refractivity (Wildman–Crippen MR) is 62.5 cm³/mol. The molecule has 0 unspecified atom stereocenters. The number of aryl methyl sites for hydroxylation is 1. The van der Waals surface area contributed by atoms with Gasteiger partial charge in [-0.1, -0.05) is 6.92 Å². The van der Waals surface area contributed by atoms with Crippen LogP contribution in [0.1, 0.15) is 18.6 Å². The largest absolute Gasteiger partial charge is 0.444 e. The fourth-order valence-corrected chi connectivity index (χ4v) is 1.30. The average molecular weight is 235 g/mol. The van der Waals surface area contributed by atoms with Crippen molar-refractivity contribution in [3.05, 3.63) is 34.5 Å². The van der Waals surface area contributed by atoms with Crippen molar-refractivity contribution in [2.75, 3.05) is 11.1 Å². The molecule has 17 heavy (non-hydrogen) atoms. The Morgan fingerprint density at radius 3 is 3.06 bits per heavy atom. The molecule has 2 heterocycles. The van der Waals surface area contributed by atoms with Gasteiger partial charge in [-0.05, 0) is 0 Å². The highest BCUT2D eigenvalue weighted by molar-refractivity contribution is 5.58. The molecule has 0 saturated heterocycles. The number of nitrogens with one attached hydrogen (secondary N) is 2. The zero-order chi connectivity index (χ0) is 12.3. The van der Waals surface area contributed by atoms with Gasteiger partial charge in [-0.3, -0.25) is 4.79 Å². The Hall–Kier alpha value is -2.31. The van der Waals surface area contributed by atoms with Gasteiger partial charge < -0.3 is 20.5 Å². The van der Waals surface area contributed by atoms with Gasteiger partial charge in [0, 0.05) is 6.42 Å². The number of nitrogens with two attached hydrogens (primary N) is 1. The zero-order valence-electron chi connectivity index (χ0n) is 9.36. The molecule has 90 valence electrons. The molecular weight excluding hydrogens is 222 g/mol. The quantitative estimate of drug-likeness (QED) is 0.712. The lowest BCUT2D eigenvalue weighted by molar-refractivity contribution is 0.465. The number of H-pyrrole nitrogens is 1. The highest BCUT2D eigenvalue weighted by Gasteiger charge is 2.06. The first-order valence-corrected chi connectivity index (χ1v) is 5.21. The molecule has 0 atom stereocenters. The molecule has 7 heteroatoms. The molecular formula is C10H13N5O2. The van der Waals surface area contributed by atoms with Crippen molar-refractivity contribution < 1.29 is 4.42 Å². The minimum Gasteiger partial charge on any atom is -0.444 e. The van der Waals surface area contributed by atoms with Crippen molar-refractivity contribution in [3.8, 4) is 0 Å². The smallest absolute Gasteiger partial charge is 0.276 e. The summed E-state index contributed by atoms with van der Waals surface area (Å²) in [4.78, 5) is 21.6. The van der Waals surface area contributed by atoms with E-state index in [4.69, 9.17) is 10.2 Å². The maximum atomic E-state index is 11.2. The molecule has 2 aromatic heterocycles. The Kier molecular flexibility index (Phi) is 3.08. The van der Waals surface area contributed by atoms with E-state index in [2.05, 4.69) is 20.3 Å². The Labute approximate surface area is 97.1 Å². The second-order valence-electron chi connectivity index (χ2n) is 3.42. The monoisotopic (exact) mass is 235 g/mol. The molecule has 2 aromatic rings. The number of anilines is 2. The highest BCUT2D eigenvalue weighted by atomic mass is 16.4. The van der Waals surface area contributed by atoms with Crippen LogP contribution in [0.25, 0.3) is 0 Å². The van der Waals surface area contributed by atoms with Gasteiger partial charge in [-0.2, -0.15) is 0 Å². The van der Waals surface area contributed by atoms with Crippen molar-refractivity contribution in [1.29, 1.82) is 0 Å². The standard InChI is InChI=1S/C10H13N5O2/c1-2-6-3-12-7(17-6)4-13-9-8(11)10(16)15-5-14-9/h3,5H,2,4,11H2,1H3,(H2,13,14,15,16). The number of nitrogen functional groups attached to an aromatic ring is 1. The lowest BCUT2D eigenvalue weighted by Gasteiger charge is -2.04. The second kappa shape index (κ2) is 4.69. The molecule has 0 bridgehead atoms. The van der Waals surface area contributed by atoms with E-state index in [9.17, 15) is 4.79 Å². The normalized spacial score (nSPS) is 10.4. The molecule has 0 aliphatic heterocycles. The minimum absolute atomic E-state index is 0.0507. The molecule has 0 spiro atoms. The molecule has 0 aromatic carbocycles. The van der Waals surface area contributed by atoms with Crippen molar-refractivity contribution in [3.63, 3.8) is 0 Å². The first kappa shape index (κ1) is 11.2. The van der Waals surface area contributed by atoms with Crippen LogP contribution in [0.5, 0.6) is 0 Å². The van der Waals surface area contributed by atoms with E-state index >= 15 is 0 Å². The third-order valence-electron chi connectivity index (χ3n) is 2.25. The van der Waals surface area contributed by atoms with Crippen molar-refractivity contribution >= 4 is 11.5 Å². The highest BCUT2D eigenvalue weighted by Crippen LogP contribution is 2.10. The van der Waals surface area contributed by atoms with Crippen molar-refractivity contribution in [1.82, 2.24) is 15.0 Å². The number of aromatic nitrogens is 3. The van der Waals surface area contributed by atoms with Gasteiger partial charge in [0.1, 0.15) is 11.4 Å². The number of oxazole rings is 1. The summed E-state index contributed by atoms with van der Waals surface area (Å²) in [6, 6.07) is 0. The number of hydrogen-bond donors (Lipinski definition) is 3. The van der Waals surface area contributed by atoms with Gasteiger partial charge in [-0.25, -0.2) is 9.97 Å². The number of hydrogen-bond acceptors (Lipinski definition) is 6. The van der Waals surface area contributed by atoms with Crippen LogP contribution in [0, 0.1) is 0 Å². The van der Waals surface area contributed by atoms with Gasteiger partial charge >= 0.3 is 0 Å². The molecule has 0 radical (unpaired) electrons. The van der Waals surface area contributed by atoms with Crippen LogP contribution in [-0.4, -0.2) is 15.0 Å². The number of aromatic amines is 1. The van der Waals surface area contributed by atoms with Crippen molar-refractivity contribution in [2.45, 2.75) is 19.9 Å². The van der Waals surface area contributed by atoms with E-state index in [1.54, 1.807) is 6.20 Å². The molecule has 0 amide bonds. The Morgan fingerprint density at radius 2 is 2.35 bits per heavy atom. The van der Waals surface area contributed by atoms with Crippen molar-refractivity contribution in [2.24, 2.45) is 0 Å². The number of nitrogens with zero attached hydrogens (tertiary/aromatic N) is 2. The predicted octanol–water partition coefficient (Wildman–Crippen LogP) is 0.515. The van der Waals surface area contributed by atoms with Crippen LogP contribution in [0.2, 0.25) is 0 Å². The van der Waals surface area contributed by atoms with E-state index in [0.29, 0.717) is 18.3 Å². The Bertz CT molecular complexity index is 560. The molecule has 0 fully saturated rings. The lowest BCUT2D eigenvalue weighted by Crippen LogP contribution is -2.16. The summed E-state index contributed by atoms with van der Waals surface area (Å²) in [5.41, 5.74) is 5.24. The molecule has 0 aliphatic carbocycles. The lowest BCUT2D eigenvalue weighted by atomic mass is 10.4. The summed E-state index contributed by atoms with van der Waals surface area (Å²) in [7, 11) is 0. The third kappa shape index (κ3) is 2.44. The molecule has 4 N–H and O–H groups in total. The van der Waals surface area contributed by atoms with Crippen LogP contribution < -0.4 is 16.6 Å². The maximum Gasteiger partial charge on any atom is 0.276 e. The SMILES string of the molecule is CCc1cnc(CNc2nc[nH]c(=O)c2N)o1. The minimum atomic E-state index is -0.371. The fraction of sp³-hybridized carbons (Fsp3) is 0.300.